The third-order valence-electron chi connectivity index (χ3n) is 6.24. The molecule has 1 aliphatic rings. The molecule has 180 valence electrons. The molecule has 0 aliphatic carbocycles. The Bertz CT molecular complexity index is 1150. The number of fused-ring (bicyclic) bond motifs is 1. The first-order valence-corrected chi connectivity index (χ1v) is 11.8. The van der Waals surface area contributed by atoms with Crippen molar-refractivity contribution in [3.05, 3.63) is 53.9 Å². The molecule has 2 aromatic heterocycles. The van der Waals surface area contributed by atoms with Crippen molar-refractivity contribution < 1.29 is 19.1 Å². The van der Waals surface area contributed by atoms with Crippen LogP contribution in [0, 0.1) is 0 Å². The second-order valence-electron chi connectivity index (χ2n) is 8.64. The van der Waals surface area contributed by atoms with Crippen LogP contribution in [0.25, 0.3) is 11.0 Å². The predicted molar refractivity (Wildman–Crippen MR) is 132 cm³/mol. The molecule has 1 fully saturated rings. The van der Waals surface area contributed by atoms with Crippen LogP contribution >= 0.6 is 0 Å². The molecule has 34 heavy (non-hydrogen) atoms. The first kappa shape index (κ1) is 23.8. The molecular formula is C26H32N4O4. The average Bonchev–Trinajstić information content (AvgIpc) is 3.50. The van der Waals surface area contributed by atoms with Gasteiger partial charge in [-0.2, -0.15) is 0 Å². The van der Waals surface area contributed by atoms with E-state index in [1.54, 1.807) is 6.20 Å². The van der Waals surface area contributed by atoms with Gasteiger partial charge in [0.25, 0.3) is 5.91 Å². The molecule has 0 spiro atoms. The number of carbonyl (C=O) groups excluding carboxylic acids is 2. The quantitative estimate of drug-likeness (QED) is 0.456. The summed E-state index contributed by atoms with van der Waals surface area (Å²) in [6.07, 6.45) is 4.38. The van der Waals surface area contributed by atoms with Crippen LogP contribution < -0.4 is 10.6 Å². The second-order valence-corrected chi connectivity index (χ2v) is 8.64. The zero-order valence-corrected chi connectivity index (χ0v) is 20.0. The van der Waals surface area contributed by atoms with E-state index in [9.17, 15) is 9.59 Å². The number of carbonyl (C=O) groups is 2. The van der Waals surface area contributed by atoms with Crippen LogP contribution in [-0.4, -0.2) is 47.3 Å². The molecule has 1 aliphatic heterocycles. The number of hydrogen-bond acceptors (Lipinski definition) is 6. The van der Waals surface area contributed by atoms with Gasteiger partial charge in [-0.25, -0.2) is 9.78 Å². The summed E-state index contributed by atoms with van der Waals surface area (Å²) in [7, 11) is 1.34. The van der Waals surface area contributed by atoms with Crippen LogP contribution in [0.1, 0.15) is 49.2 Å². The summed E-state index contributed by atoms with van der Waals surface area (Å²) in [5.41, 5.74) is 3.28. The van der Waals surface area contributed by atoms with Crippen LogP contribution in [0.15, 0.2) is 42.6 Å². The fourth-order valence-corrected chi connectivity index (χ4v) is 4.22. The van der Waals surface area contributed by atoms with Crippen molar-refractivity contribution >= 4 is 34.3 Å². The summed E-state index contributed by atoms with van der Waals surface area (Å²) in [5, 5.41) is 7.08. The Morgan fingerprint density at radius 1 is 1.29 bits per heavy atom. The number of pyridine rings is 1. The topological polar surface area (TPSA) is 94.5 Å². The van der Waals surface area contributed by atoms with Crippen molar-refractivity contribution in [3.63, 3.8) is 0 Å². The number of rotatable bonds is 9. The van der Waals surface area contributed by atoms with E-state index in [1.807, 2.05) is 41.0 Å². The molecule has 8 heteroatoms. The Kier molecular flexibility index (Phi) is 7.47. The molecule has 1 aromatic carbocycles. The zero-order valence-electron chi connectivity index (χ0n) is 20.0. The summed E-state index contributed by atoms with van der Waals surface area (Å²) in [6, 6.07) is 12.2. The fourth-order valence-electron chi connectivity index (χ4n) is 4.22. The number of methoxy groups -OCH3 is 1. The number of amides is 1. The largest absolute Gasteiger partial charge is 0.464 e. The first-order chi connectivity index (χ1) is 16.5. The normalized spacial score (nSPS) is 16.4. The van der Waals surface area contributed by atoms with Crippen molar-refractivity contribution in [1.29, 1.82) is 0 Å². The maximum Gasteiger partial charge on any atom is 0.356 e. The molecule has 0 saturated carbocycles. The molecule has 8 nitrogen and oxygen atoms in total. The smallest absolute Gasteiger partial charge is 0.356 e. The number of aryl methyl sites for hydroxylation is 2. The number of anilines is 2. The van der Waals surface area contributed by atoms with Crippen LogP contribution in [0.4, 0.5) is 11.4 Å². The van der Waals surface area contributed by atoms with Crippen molar-refractivity contribution in [1.82, 2.24) is 9.55 Å². The molecule has 0 bridgehead atoms. The summed E-state index contributed by atoms with van der Waals surface area (Å²) < 4.78 is 12.5. The van der Waals surface area contributed by atoms with E-state index in [0.717, 1.165) is 24.1 Å². The Morgan fingerprint density at radius 3 is 2.76 bits per heavy atom. The van der Waals surface area contributed by atoms with Gasteiger partial charge in [0, 0.05) is 24.6 Å². The van der Waals surface area contributed by atoms with Crippen LogP contribution in [0.2, 0.25) is 0 Å². The van der Waals surface area contributed by atoms with Gasteiger partial charge in [-0.15, -0.1) is 0 Å². The van der Waals surface area contributed by atoms with Gasteiger partial charge < -0.3 is 24.7 Å². The molecule has 4 rings (SSSR count). The summed E-state index contributed by atoms with van der Waals surface area (Å²) >= 11 is 0. The van der Waals surface area contributed by atoms with E-state index in [4.69, 9.17) is 14.5 Å². The molecule has 3 heterocycles. The monoisotopic (exact) mass is 464 g/mol. The first-order valence-electron chi connectivity index (χ1n) is 11.8. The molecule has 2 unspecified atom stereocenters. The lowest BCUT2D eigenvalue weighted by molar-refractivity contribution is -0.124. The Hall–Kier alpha value is -3.39. The van der Waals surface area contributed by atoms with Crippen molar-refractivity contribution in [3.8, 4) is 0 Å². The predicted octanol–water partition coefficient (Wildman–Crippen LogP) is 4.39. The SMILES string of the molecule is CCC(C)Nc1cnc2c(c1)c(NC(=O)C1CCCO1)c(C(=O)OC)n2CCc1ccccc1. The van der Waals surface area contributed by atoms with E-state index >= 15 is 0 Å². The molecule has 0 radical (unpaired) electrons. The van der Waals surface area contributed by atoms with Crippen molar-refractivity contribution in [2.75, 3.05) is 24.4 Å². The van der Waals surface area contributed by atoms with Gasteiger partial charge in [-0.05, 0) is 44.2 Å². The minimum Gasteiger partial charge on any atom is -0.464 e. The minimum atomic E-state index is -0.525. The Balaban J connectivity index is 1.80. The number of aromatic nitrogens is 2. The zero-order chi connectivity index (χ0) is 24.1. The number of nitrogens with one attached hydrogen (secondary N) is 2. The van der Waals surface area contributed by atoms with Crippen molar-refractivity contribution in [2.24, 2.45) is 0 Å². The Labute approximate surface area is 199 Å². The van der Waals surface area contributed by atoms with Gasteiger partial charge in [0.15, 0.2) is 5.69 Å². The number of hydrogen-bond donors (Lipinski definition) is 2. The Morgan fingerprint density at radius 2 is 2.09 bits per heavy atom. The standard InChI is InChI=1S/C26H32N4O4/c1-4-17(2)28-19-15-20-22(29-25(31)21-11-8-14-34-21)23(26(32)33-3)30(24(20)27-16-19)13-12-18-9-6-5-7-10-18/h5-7,9-10,15-17,21,28H,4,8,11-14H2,1-3H3,(H,29,31). The van der Waals surface area contributed by atoms with Crippen LogP contribution in [0.3, 0.4) is 0 Å². The van der Waals surface area contributed by atoms with Crippen molar-refractivity contribution in [2.45, 2.75) is 58.2 Å². The lowest BCUT2D eigenvalue weighted by Crippen LogP contribution is -2.28. The van der Waals surface area contributed by atoms with E-state index in [0.29, 0.717) is 42.7 Å². The number of esters is 1. The highest BCUT2D eigenvalue weighted by atomic mass is 16.5. The molecule has 1 saturated heterocycles. The molecule has 2 N–H and O–H groups in total. The van der Waals surface area contributed by atoms with E-state index in [-0.39, 0.29) is 17.6 Å². The maximum atomic E-state index is 13.0. The molecule has 2 atom stereocenters. The van der Waals surface area contributed by atoms with E-state index in [2.05, 4.69) is 24.5 Å². The molecule has 3 aromatic rings. The van der Waals surface area contributed by atoms with Gasteiger partial charge in [-0.1, -0.05) is 37.3 Å². The van der Waals surface area contributed by atoms with Gasteiger partial charge in [0.1, 0.15) is 11.8 Å². The van der Waals surface area contributed by atoms with Gasteiger partial charge in [0.05, 0.1) is 24.7 Å². The highest BCUT2D eigenvalue weighted by Gasteiger charge is 2.30. The molecule has 1 amide bonds. The third kappa shape index (κ3) is 5.07. The summed E-state index contributed by atoms with van der Waals surface area (Å²) in [5.74, 6) is -0.782. The van der Waals surface area contributed by atoms with E-state index in [1.165, 1.54) is 7.11 Å². The highest BCUT2D eigenvalue weighted by Crippen LogP contribution is 2.33. The summed E-state index contributed by atoms with van der Waals surface area (Å²) in [4.78, 5) is 30.7. The summed E-state index contributed by atoms with van der Waals surface area (Å²) in [6.45, 7) is 5.26. The van der Waals surface area contributed by atoms with Gasteiger partial charge >= 0.3 is 5.97 Å². The van der Waals surface area contributed by atoms with E-state index < -0.39 is 12.1 Å². The van der Waals surface area contributed by atoms with Crippen LogP contribution in [-0.2, 0) is 27.2 Å². The number of ether oxygens (including phenoxy) is 2. The van der Waals surface area contributed by atoms with Gasteiger partial charge in [0.2, 0.25) is 0 Å². The average molecular weight is 465 g/mol. The number of benzene rings is 1. The highest BCUT2D eigenvalue weighted by molar-refractivity contribution is 6.12. The third-order valence-corrected chi connectivity index (χ3v) is 6.24. The second kappa shape index (κ2) is 10.7. The minimum absolute atomic E-state index is 0.254. The maximum absolute atomic E-state index is 13.0. The van der Waals surface area contributed by atoms with Crippen LogP contribution in [0.5, 0.6) is 0 Å². The molecular weight excluding hydrogens is 432 g/mol. The lowest BCUT2D eigenvalue weighted by Gasteiger charge is -2.13. The van der Waals surface area contributed by atoms with Gasteiger partial charge in [-0.3, -0.25) is 4.79 Å². The lowest BCUT2D eigenvalue weighted by atomic mass is 10.1. The fraction of sp³-hybridized carbons (Fsp3) is 0.423. The number of nitrogens with zero attached hydrogens (tertiary/aromatic N) is 2.